The van der Waals surface area contributed by atoms with E-state index in [-0.39, 0.29) is 5.91 Å². The molecule has 0 aliphatic carbocycles. The largest absolute Gasteiger partial charge is 0.369 e. The smallest absolute Gasteiger partial charge is 0.259 e. The fourth-order valence-electron chi connectivity index (χ4n) is 1.64. The van der Waals surface area contributed by atoms with Crippen molar-refractivity contribution in [3.05, 3.63) is 33.9 Å². The number of rotatable bonds is 5. The van der Waals surface area contributed by atoms with Gasteiger partial charge in [-0.3, -0.25) is 10.1 Å². The van der Waals surface area contributed by atoms with E-state index in [2.05, 4.69) is 34.4 Å². The zero-order chi connectivity index (χ0) is 15.4. The molecule has 0 unspecified atom stereocenters. The van der Waals surface area contributed by atoms with Crippen LogP contribution in [-0.2, 0) is 0 Å². The highest BCUT2D eigenvalue weighted by Gasteiger charge is 2.12. The summed E-state index contributed by atoms with van der Waals surface area (Å²) in [5, 5.41) is 8.73. The normalized spacial score (nSPS) is 10.7. The zero-order valence-corrected chi connectivity index (χ0v) is 13.7. The van der Waals surface area contributed by atoms with Gasteiger partial charge in [0.25, 0.3) is 5.91 Å². The van der Waals surface area contributed by atoms with E-state index in [9.17, 15) is 4.79 Å². The molecule has 0 bridgehead atoms. The summed E-state index contributed by atoms with van der Waals surface area (Å²) in [6.45, 7) is 6.79. The first-order valence-electron chi connectivity index (χ1n) is 6.67. The van der Waals surface area contributed by atoms with Crippen molar-refractivity contribution in [3.8, 4) is 0 Å². The Morgan fingerprint density at radius 2 is 2.24 bits per heavy atom. The molecule has 2 aromatic rings. The quantitative estimate of drug-likeness (QED) is 0.872. The average molecular weight is 325 g/mol. The van der Waals surface area contributed by atoms with E-state index in [4.69, 9.17) is 11.6 Å². The molecule has 0 aliphatic rings. The number of pyridine rings is 1. The Bertz CT molecular complexity index is 642. The summed E-state index contributed by atoms with van der Waals surface area (Å²) in [4.78, 5) is 20.7. The fourth-order valence-corrected chi connectivity index (χ4v) is 2.74. The molecule has 0 aromatic carbocycles. The summed E-state index contributed by atoms with van der Waals surface area (Å²) in [6.07, 6.45) is 1.50. The van der Waals surface area contributed by atoms with Crippen molar-refractivity contribution in [2.75, 3.05) is 17.2 Å². The van der Waals surface area contributed by atoms with E-state index in [0.717, 1.165) is 12.2 Å². The lowest BCUT2D eigenvalue weighted by Crippen LogP contribution is -2.13. The zero-order valence-electron chi connectivity index (χ0n) is 12.1. The van der Waals surface area contributed by atoms with Crippen LogP contribution < -0.4 is 10.6 Å². The van der Waals surface area contributed by atoms with Crippen molar-refractivity contribution in [1.29, 1.82) is 0 Å². The van der Waals surface area contributed by atoms with Crippen LogP contribution >= 0.6 is 22.9 Å². The Labute approximate surface area is 132 Å². The molecule has 0 saturated heterocycles. The van der Waals surface area contributed by atoms with E-state index in [1.165, 1.54) is 17.5 Å². The van der Waals surface area contributed by atoms with Crippen molar-refractivity contribution in [3.63, 3.8) is 0 Å². The number of anilines is 2. The average Bonchev–Trinajstić information content (AvgIpc) is 2.90. The van der Waals surface area contributed by atoms with Crippen LogP contribution in [0.3, 0.4) is 0 Å². The monoisotopic (exact) mass is 324 g/mol. The molecular formula is C14H17ClN4OS. The summed E-state index contributed by atoms with van der Waals surface area (Å²) in [6, 6.07) is 1.60. The third-order valence-electron chi connectivity index (χ3n) is 2.78. The number of carbonyl (C=O) groups is 1. The number of carbonyl (C=O) groups excluding carboxylic acids is 1. The van der Waals surface area contributed by atoms with Crippen LogP contribution in [0.2, 0.25) is 5.02 Å². The molecule has 0 saturated carbocycles. The Hall–Kier alpha value is -1.66. The van der Waals surface area contributed by atoms with Crippen molar-refractivity contribution in [2.24, 2.45) is 0 Å². The molecule has 0 aliphatic heterocycles. The highest BCUT2D eigenvalue weighted by Crippen LogP contribution is 2.23. The molecule has 0 fully saturated rings. The van der Waals surface area contributed by atoms with Gasteiger partial charge in [0.15, 0.2) is 5.13 Å². The van der Waals surface area contributed by atoms with Crippen LogP contribution in [0, 0.1) is 0 Å². The highest BCUT2D eigenvalue weighted by atomic mass is 35.5. The molecule has 7 heteroatoms. The Kier molecular flexibility index (Phi) is 5.14. The maximum Gasteiger partial charge on any atom is 0.259 e. The Morgan fingerprint density at radius 1 is 1.48 bits per heavy atom. The van der Waals surface area contributed by atoms with Gasteiger partial charge in [0, 0.05) is 18.1 Å². The minimum absolute atomic E-state index is 0.267. The number of nitrogens with zero attached hydrogens (tertiary/aromatic N) is 2. The van der Waals surface area contributed by atoms with E-state index >= 15 is 0 Å². The second-order valence-corrected chi connectivity index (χ2v) is 6.04. The molecule has 2 heterocycles. The van der Waals surface area contributed by atoms with Gasteiger partial charge in [-0.05, 0) is 18.9 Å². The first-order chi connectivity index (χ1) is 10.0. The van der Waals surface area contributed by atoms with Gasteiger partial charge < -0.3 is 5.32 Å². The second-order valence-electron chi connectivity index (χ2n) is 4.77. The number of nitrogens with one attached hydrogen (secondary N) is 2. The number of halogens is 1. The van der Waals surface area contributed by atoms with Gasteiger partial charge >= 0.3 is 0 Å². The third kappa shape index (κ3) is 3.92. The SMILES string of the molecule is CCNc1ncc(C(=O)Nc2nc(C(C)C)cs2)cc1Cl. The molecule has 1 amide bonds. The lowest BCUT2D eigenvalue weighted by atomic mass is 10.2. The van der Waals surface area contributed by atoms with E-state index in [1.54, 1.807) is 6.07 Å². The number of hydrogen-bond acceptors (Lipinski definition) is 5. The van der Waals surface area contributed by atoms with Crippen molar-refractivity contribution in [1.82, 2.24) is 9.97 Å². The minimum atomic E-state index is -0.267. The standard InChI is InChI=1S/C14H17ClN4OS/c1-4-16-12-10(15)5-9(6-17-12)13(20)19-14-18-11(7-21-14)8(2)3/h5-8H,4H2,1-3H3,(H,16,17)(H,18,19,20). The maximum atomic E-state index is 12.2. The van der Waals surface area contributed by atoms with Crippen molar-refractivity contribution >= 4 is 39.8 Å². The van der Waals surface area contributed by atoms with Gasteiger partial charge in [0.2, 0.25) is 0 Å². The molecule has 2 N–H and O–H groups in total. The summed E-state index contributed by atoms with van der Waals surface area (Å²) < 4.78 is 0. The Morgan fingerprint density at radius 3 is 2.81 bits per heavy atom. The highest BCUT2D eigenvalue weighted by molar-refractivity contribution is 7.14. The van der Waals surface area contributed by atoms with E-state index < -0.39 is 0 Å². The van der Waals surface area contributed by atoms with Gasteiger partial charge in [-0.25, -0.2) is 9.97 Å². The molecule has 0 radical (unpaired) electrons. The lowest BCUT2D eigenvalue weighted by Gasteiger charge is -2.07. The van der Waals surface area contributed by atoms with Crippen LogP contribution in [0.5, 0.6) is 0 Å². The summed E-state index contributed by atoms with van der Waals surface area (Å²) in [7, 11) is 0. The van der Waals surface area contributed by atoms with Crippen LogP contribution in [0.4, 0.5) is 10.9 Å². The molecule has 0 spiro atoms. The van der Waals surface area contributed by atoms with Gasteiger partial charge in [0.1, 0.15) is 5.82 Å². The Balaban J connectivity index is 2.10. The van der Waals surface area contributed by atoms with Crippen molar-refractivity contribution in [2.45, 2.75) is 26.7 Å². The van der Waals surface area contributed by atoms with Gasteiger partial charge in [0.05, 0.1) is 16.3 Å². The number of amides is 1. The number of thiazole rings is 1. The van der Waals surface area contributed by atoms with Crippen LogP contribution in [0.15, 0.2) is 17.6 Å². The molecule has 2 rings (SSSR count). The lowest BCUT2D eigenvalue weighted by molar-refractivity contribution is 0.102. The molecule has 5 nitrogen and oxygen atoms in total. The molecular weight excluding hydrogens is 308 g/mol. The second kappa shape index (κ2) is 6.87. The molecule has 21 heavy (non-hydrogen) atoms. The summed E-state index contributed by atoms with van der Waals surface area (Å²) in [5.41, 5.74) is 1.37. The van der Waals surface area contributed by atoms with E-state index in [1.807, 2.05) is 12.3 Å². The predicted molar refractivity (Wildman–Crippen MR) is 87.6 cm³/mol. The van der Waals surface area contributed by atoms with Crippen LogP contribution in [-0.4, -0.2) is 22.4 Å². The van der Waals surface area contributed by atoms with Gasteiger partial charge in [-0.1, -0.05) is 25.4 Å². The summed E-state index contributed by atoms with van der Waals surface area (Å²) >= 11 is 7.49. The van der Waals surface area contributed by atoms with E-state index in [0.29, 0.717) is 27.5 Å². The molecule has 0 atom stereocenters. The minimum Gasteiger partial charge on any atom is -0.369 e. The molecule has 112 valence electrons. The number of hydrogen-bond donors (Lipinski definition) is 2. The first-order valence-corrected chi connectivity index (χ1v) is 7.93. The number of aromatic nitrogens is 2. The maximum absolute atomic E-state index is 12.2. The van der Waals surface area contributed by atoms with Gasteiger partial charge in [-0.15, -0.1) is 11.3 Å². The van der Waals surface area contributed by atoms with Crippen LogP contribution in [0.1, 0.15) is 42.7 Å². The summed E-state index contributed by atoms with van der Waals surface area (Å²) in [5.74, 6) is 0.645. The molecule has 2 aromatic heterocycles. The first kappa shape index (κ1) is 15.7. The van der Waals surface area contributed by atoms with Gasteiger partial charge in [-0.2, -0.15) is 0 Å². The fraction of sp³-hybridized carbons (Fsp3) is 0.357. The van der Waals surface area contributed by atoms with Crippen molar-refractivity contribution < 1.29 is 4.79 Å². The topological polar surface area (TPSA) is 66.9 Å². The predicted octanol–water partition coefficient (Wildman–Crippen LogP) is 4.00. The van der Waals surface area contributed by atoms with Crippen LogP contribution in [0.25, 0.3) is 0 Å². The third-order valence-corrected chi connectivity index (χ3v) is 3.85.